The van der Waals surface area contributed by atoms with E-state index < -0.39 is 22.0 Å². The van der Waals surface area contributed by atoms with Crippen LogP contribution in [0.4, 0.5) is 10.5 Å². The Hall–Kier alpha value is -2.09. The first kappa shape index (κ1) is 13.0. The van der Waals surface area contributed by atoms with E-state index in [0.29, 0.717) is 5.69 Å². The summed E-state index contributed by atoms with van der Waals surface area (Å²) in [6.45, 7) is 1.09. The standard InChI is InChI=1S/C9H11N3O4S/c1-6(13)11-9(14)12-17(15,16)8-4-2-7(10)3-5-8/h2-5H,10H2,1H3,(H2,11,12,13,14). The molecule has 0 aliphatic heterocycles. The maximum atomic E-state index is 11.6. The molecule has 0 saturated carbocycles. The summed E-state index contributed by atoms with van der Waals surface area (Å²) in [6, 6.07) is 4.17. The number of urea groups is 1. The van der Waals surface area contributed by atoms with Crippen LogP contribution < -0.4 is 15.8 Å². The van der Waals surface area contributed by atoms with Crippen molar-refractivity contribution in [3.63, 3.8) is 0 Å². The minimum Gasteiger partial charge on any atom is -0.399 e. The number of carbonyl (C=O) groups excluding carboxylic acids is 2. The Morgan fingerprint density at radius 3 is 2.18 bits per heavy atom. The zero-order valence-corrected chi connectivity index (χ0v) is 9.74. The normalized spacial score (nSPS) is 10.6. The predicted molar refractivity (Wildman–Crippen MR) is 60.4 cm³/mol. The van der Waals surface area contributed by atoms with Crippen LogP contribution >= 0.6 is 0 Å². The van der Waals surface area contributed by atoms with Crippen LogP contribution in [-0.2, 0) is 14.8 Å². The molecule has 4 N–H and O–H groups in total. The number of amides is 3. The van der Waals surface area contributed by atoms with Crippen LogP contribution in [0.5, 0.6) is 0 Å². The van der Waals surface area contributed by atoms with Crippen molar-refractivity contribution in [1.82, 2.24) is 10.0 Å². The Bertz CT molecular complexity index is 536. The number of nitrogens with one attached hydrogen (secondary N) is 2. The number of benzene rings is 1. The molecule has 92 valence electrons. The molecular formula is C9H11N3O4S. The highest BCUT2D eigenvalue weighted by atomic mass is 32.2. The van der Waals surface area contributed by atoms with Crippen molar-refractivity contribution in [2.24, 2.45) is 0 Å². The van der Waals surface area contributed by atoms with E-state index in [9.17, 15) is 18.0 Å². The van der Waals surface area contributed by atoms with Crippen molar-refractivity contribution in [3.8, 4) is 0 Å². The first-order valence-electron chi connectivity index (χ1n) is 4.51. The molecule has 0 aliphatic rings. The van der Waals surface area contributed by atoms with Crippen LogP contribution in [0.1, 0.15) is 6.92 Å². The lowest BCUT2D eigenvalue weighted by Crippen LogP contribution is -2.41. The highest BCUT2D eigenvalue weighted by Gasteiger charge is 2.17. The zero-order chi connectivity index (χ0) is 13.1. The molecule has 7 nitrogen and oxygen atoms in total. The summed E-state index contributed by atoms with van der Waals surface area (Å²) < 4.78 is 24.9. The molecule has 0 aromatic heterocycles. The van der Waals surface area contributed by atoms with E-state index >= 15 is 0 Å². The summed E-state index contributed by atoms with van der Waals surface area (Å²) in [4.78, 5) is 21.5. The van der Waals surface area contributed by atoms with Crippen molar-refractivity contribution in [2.45, 2.75) is 11.8 Å². The smallest absolute Gasteiger partial charge is 0.335 e. The first-order chi connectivity index (χ1) is 7.81. The second-order valence-electron chi connectivity index (χ2n) is 3.18. The van der Waals surface area contributed by atoms with Crippen molar-refractivity contribution >= 4 is 27.6 Å². The van der Waals surface area contributed by atoms with Gasteiger partial charge in [-0.15, -0.1) is 0 Å². The molecule has 0 saturated heterocycles. The monoisotopic (exact) mass is 257 g/mol. The van der Waals surface area contributed by atoms with Crippen molar-refractivity contribution < 1.29 is 18.0 Å². The van der Waals surface area contributed by atoms with Gasteiger partial charge in [-0.2, -0.15) is 0 Å². The molecule has 0 fully saturated rings. The van der Waals surface area contributed by atoms with E-state index in [1.165, 1.54) is 24.3 Å². The van der Waals surface area contributed by atoms with E-state index in [0.717, 1.165) is 6.92 Å². The predicted octanol–water partition coefficient (Wildman–Crippen LogP) is -0.197. The fraction of sp³-hybridized carbons (Fsp3) is 0.111. The van der Waals surface area contributed by atoms with Crippen LogP contribution in [0.2, 0.25) is 0 Å². The zero-order valence-electron chi connectivity index (χ0n) is 8.93. The quantitative estimate of drug-likeness (QED) is 0.634. The number of sulfonamides is 1. The van der Waals surface area contributed by atoms with Gasteiger partial charge >= 0.3 is 6.03 Å². The highest BCUT2D eigenvalue weighted by molar-refractivity contribution is 7.90. The molecule has 1 aromatic rings. The van der Waals surface area contributed by atoms with E-state index in [1.807, 2.05) is 0 Å². The lowest BCUT2D eigenvalue weighted by Gasteiger charge is -2.06. The summed E-state index contributed by atoms with van der Waals surface area (Å²) in [6.07, 6.45) is 0. The van der Waals surface area contributed by atoms with E-state index in [1.54, 1.807) is 10.0 Å². The molecule has 0 unspecified atom stereocenters. The maximum absolute atomic E-state index is 11.6. The van der Waals surface area contributed by atoms with Crippen molar-refractivity contribution in [2.75, 3.05) is 5.73 Å². The third-order valence-electron chi connectivity index (χ3n) is 1.71. The summed E-state index contributed by atoms with van der Waals surface area (Å²) in [5, 5.41) is 1.79. The molecule has 3 amide bonds. The van der Waals surface area contributed by atoms with E-state index in [2.05, 4.69) is 0 Å². The maximum Gasteiger partial charge on any atom is 0.335 e. The van der Waals surface area contributed by atoms with Gasteiger partial charge in [-0.05, 0) is 24.3 Å². The number of hydrogen-bond donors (Lipinski definition) is 3. The molecular weight excluding hydrogens is 246 g/mol. The lowest BCUT2D eigenvalue weighted by molar-refractivity contribution is -0.117. The summed E-state index contributed by atoms with van der Waals surface area (Å²) in [7, 11) is -3.99. The number of rotatable bonds is 2. The van der Waals surface area contributed by atoms with Crippen LogP contribution in [0.15, 0.2) is 29.2 Å². The Kier molecular flexibility index (Phi) is 3.69. The lowest BCUT2D eigenvalue weighted by atomic mass is 10.3. The molecule has 0 aliphatic carbocycles. The average molecular weight is 257 g/mol. The van der Waals surface area contributed by atoms with Gasteiger partial charge in [0.25, 0.3) is 10.0 Å². The fourth-order valence-corrected chi connectivity index (χ4v) is 1.92. The first-order valence-corrected chi connectivity index (χ1v) is 5.99. The third kappa shape index (κ3) is 3.76. The number of anilines is 1. The van der Waals surface area contributed by atoms with Gasteiger partial charge < -0.3 is 5.73 Å². The van der Waals surface area contributed by atoms with Gasteiger partial charge in [-0.1, -0.05) is 0 Å². The second-order valence-corrected chi connectivity index (χ2v) is 4.87. The van der Waals surface area contributed by atoms with Gasteiger partial charge in [0.1, 0.15) is 0 Å². The molecule has 0 atom stereocenters. The summed E-state index contributed by atoms with van der Waals surface area (Å²) in [5.41, 5.74) is 5.80. The Balaban J connectivity index is 2.86. The van der Waals surface area contributed by atoms with E-state index in [4.69, 9.17) is 5.73 Å². The van der Waals surface area contributed by atoms with Crippen LogP contribution in [0.3, 0.4) is 0 Å². The molecule has 0 spiro atoms. The van der Waals surface area contributed by atoms with Gasteiger partial charge in [0, 0.05) is 12.6 Å². The van der Waals surface area contributed by atoms with Gasteiger partial charge in [-0.25, -0.2) is 17.9 Å². The Labute approximate surface area is 98.0 Å². The number of carbonyl (C=O) groups is 2. The van der Waals surface area contributed by atoms with Gasteiger partial charge in [0.15, 0.2) is 0 Å². The molecule has 0 bridgehead atoms. The van der Waals surface area contributed by atoms with Crippen LogP contribution in [0, 0.1) is 0 Å². The van der Waals surface area contributed by atoms with Gasteiger partial charge in [0.05, 0.1) is 4.90 Å². The van der Waals surface area contributed by atoms with Crippen LogP contribution in [-0.4, -0.2) is 20.4 Å². The van der Waals surface area contributed by atoms with Crippen LogP contribution in [0.25, 0.3) is 0 Å². The summed E-state index contributed by atoms with van der Waals surface area (Å²) >= 11 is 0. The third-order valence-corrected chi connectivity index (χ3v) is 3.05. The largest absolute Gasteiger partial charge is 0.399 e. The molecule has 0 heterocycles. The second kappa shape index (κ2) is 4.83. The Morgan fingerprint density at radius 1 is 1.18 bits per heavy atom. The number of nitrogen functional groups attached to an aromatic ring is 1. The minimum absolute atomic E-state index is 0.120. The molecule has 17 heavy (non-hydrogen) atoms. The SMILES string of the molecule is CC(=O)NC(=O)NS(=O)(=O)c1ccc(N)cc1. The molecule has 8 heteroatoms. The van der Waals surface area contributed by atoms with Crippen molar-refractivity contribution in [1.29, 1.82) is 0 Å². The topological polar surface area (TPSA) is 118 Å². The molecule has 0 radical (unpaired) electrons. The fourth-order valence-electron chi connectivity index (χ4n) is 1.01. The van der Waals surface area contributed by atoms with Crippen molar-refractivity contribution in [3.05, 3.63) is 24.3 Å². The molecule has 1 aromatic carbocycles. The number of hydrogen-bond acceptors (Lipinski definition) is 5. The van der Waals surface area contributed by atoms with Gasteiger partial charge in [-0.3, -0.25) is 10.1 Å². The van der Waals surface area contributed by atoms with E-state index in [-0.39, 0.29) is 4.90 Å². The average Bonchev–Trinajstić information content (AvgIpc) is 2.15. The highest BCUT2D eigenvalue weighted by Crippen LogP contribution is 2.10. The van der Waals surface area contributed by atoms with Gasteiger partial charge in [0.2, 0.25) is 5.91 Å². The summed E-state index contributed by atoms with van der Waals surface area (Å²) in [5.74, 6) is -0.657. The molecule has 1 rings (SSSR count). The Morgan fingerprint density at radius 2 is 1.71 bits per heavy atom. The minimum atomic E-state index is -3.99. The number of nitrogens with two attached hydrogens (primary N) is 1. The number of imide groups is 1.